The summed E-state index contributed by atoms with van der Waals surface area (Å²) in [7, 11) is 0. The smallest absolute Gasteiger partial charge is 0.0703 e. The second kappa shape index (κ2) is 6.44. The maximum Gasteiger partial charge on any atom is 0.0703 e. The predicted molar refractivity (Wildman–Crippen MR) is 89.7 cm³/mol. The average Bonchev–Trinajstić information content (AvgIpc) is 2.49. The van der Waals surface area contributed by atoms with E-state index in [1.54, 1.807) is 0 Å². The van der Waals surface area contributed by atoms with Gasteiger partial charge in [0.2, 0.25) is 0 Å². The van der Waals surface area contributed by atoms with E-state index >= 15 is 0 Å². The zero-order valence-corrected chi connectivity index (χ0v) is 13.0. The highest BCUT2D eigenvalue weighted by atomic mass is 15.1. The molecule has 1 aliphatic rings. The van der Waals surface area contributed by atoms with Crippen LogP contribution in [-0.4, -0.2) is 35.6 Å². The number of rotatable bonds is 4. The minimum atomic E-state index is 0.600. The lowest BCUT2D eigenvalue weighted by Crippen LogP contribution is -2.40. The molecule has 1 N–H and O–H groups in total. The predicted octanol–water partition coefficient (Wildman–Crippen LogP) is 3.77. The molecular weight excluding hydrogens is 258 g/mol. The summed E-state index contributed by atoms with van der Waals surface area (Å²) in [5, 5.41) is 4.90. The van der Waals surface area contributed by atoms with Gasteiger partial charge in [0.1, 0.15) is 0 Å². The minimum absolute atomic E-state index is 0.600. The quantitative estimate of drug-likeness (QED) is 0.926. The van der Waals surface area contributed by atoms with E-state index in [0.29, 0.717) is 6.04 Å². The first-order valence-corrected chi connectivity index (χ1v) is 8.04. The van der Waals surface area contributed by atoms with Crippen molar-refractivity contribution in [3.05, 3.63) is 36.5 Å². The molecule has 0 unspecified atom stereocenters. The van der Waals surface area contributed by atoms with E-state index in [4.69, 9.17) is 0 Å². The van der Waals surface area contributed by atoms with E-state index in [9.17, 15) is 0 Å². The molecule has 3 nitrogen and oxygen atoms in total. The molecular formula is C18H25N3. The van der Waals surface area contributed by atoms with E-state index in [0.717, 1.165) is 11.4 Å². The van der Waals surface area contributed by atoms with Crippen molar-refractivity contribution in [2.75, 3.05) is 25.0 Å². The number of anilines is 1. The topological polar surface area (TPSA) is 28.2 Å². The summed E-state index contributed by atoms with van der Waals surface area (Å²) in [6, 6.07) is 11.2. The Morgan fingerprint density at radius 1 is 1.24 bits per heavy atom. The standard InChI is InChI=1S/C18H25N3/c1-14(2)13-21-10-7-16(8-11-21)20-17-5-6-18-15(12-17)4-3-9-19-18/h3-6,9,12,14,16,20H,7-8,10-11,13H2,1-2H3. The number of nitrogens with zero attached hydrogens (tertiary/aromatic N) is 2. The number of benzene rings is 1. The van der Waals surface area contributed by atoms with Gasteiger partial charge in [-0.2, -0.15) is 0 Å². The fraction of sp³-hybridized carbons (Fsp3) is 0.500. The third kappa shape index (κ3) is 3.73. The summed E-state index contributed by atoms with van der Waals surface area (Å²) in [6.45, 7) is 8.26. The molecule has 0 saturated carbocycles. The first kappa shape index (κ1) is 14.3. The number of fused-ring (bicyclic) bond motifs is 1. The van der Waals surface area contributed by atoms with Crippen molar-refractivity contribution < 1.29 is 0 Å². The van der Waals surface area contributed by atoms with Gasteiger partial charge in [-0.15, -0.1) is 0 Å². The van der Waals surface area contributed by atoms with Crippen molar-refractivity contribution in [2.45, 2.75) is 32.7 Å². The van der Waals surface area contributed by atoms with Gasteiger partial charge < -0.3 is 10.2 Å². The molecule has 0 bridgehead atoms. The van der Waals surface area contributed by atoms with Gasteiger partial charge >= 0.3 is 0 Å². The van der Waals surface area contributed by atoms with Gasteiger partial charge in [-0.05, 0) is 43.0 Å². The maximum absolute atomic E-state index is 4.37. The van der Waals surface area contributed by atoms with Crippen LogP contribution >= 0.6 is 0 Å². The molecule has 0 atom stereocenters. The second-order valence-electron chi connectivity index (χ2n) is 6.52. The summed E-state index contributed by atoms with van der Waals surface area (Å²) >= 11 is 0. The molecule has 1 saturated heterocycles. The highest BCUT2D eigenvalue weighted by molar-refractivity contribution is 5.82. The molecule has 1 aromatic carbocycles. The van der Waals surface area contributed by atoms with Crippen LogP contribution in [0, 0.1) is 5.92 Å². The lowest BCUT2D eigenvalue weighted by molar-refractivity contribution is 0.198. The molecule has 0 amide bonds. The zero-order chi connectivity index (χ0) is 14.7. The third-order valence-corrected chi connectivity index (χ3v) is 4.18. The first-order chi connectivity index (χ1) is 10.2. The molecule has 21 heavy (non-hydrogen) atoms. The molecule has 0 aliphatic carbocycles. The Morgan fingerprint density at radius 2 is 2.05 bits per heavy atom. The van der Waals surface area contributed by atoms with E-state index in [-0.39, 0.29) is 0 Å². The first-order valence-electron chi connectivity index (χ1n) is 8.04. The summed E-state index contributed by atoms with van der Waals surface area (Å²) in [6.07, 6.45) is 4.31. The number of hydrogen-bond acceptors (Lipinski definition) is 3. The number of nitrogens with one attached hydrogen (secondary N) is 1. The largest absolute Gasteiger partial charge is 0.382 e. The summed E-state index contributed by atoms with van der Waals surface area (Å²) in [5.74, 6) is 0.766. The molecule has 1 aliphatic heterocycles. The third-order valence-electron chi connectivity index (χ3n) is 4.18. The van der Waals surface area contributed by atoms with Gasteiger partial charge in [0, 0.05) is 42.9 Å². The van der Waals surface area contributed by atoms with Crippen molar-refractivity contribution >= 4 is 16.6 Å². The van der Waals surface area contributed by atoms with Gasteiger partial charge in [0.15, 0.2) is 0 Å². The summed E-state index contributed by atoms with van der Waals surface area (Å²) < 4.78 is 0. The van der Waals surface area contributed by atoms with Crippen LogP contribution in [0.2, 0.25) is 0 Å². The van der Waals surface area contributed by atoms with Gasteiger partial charge in [-0.25, -0.2) is 0 Å². The number of pyridine rings is 1. The maximum atomic E-state index is 4.37. The molecule has 1 aromatic heterocycles. The van der Waals surface area contributed by atoms with Gasteiger partial charge in [0.25, 0.3) is 0 Å². The lowest BCUT2D eigenvalue weighted by atomic mass is 10.0. The van der Waals surface area contributed by atoms with Crippen LogP contribution < -0.4 is 5.32 Å². The molecule has 3 heteroatoms. The molecule has 0 radical (unpaired) electrons. The fourth-order valence-electron chi connectivity index (χ4n) is 3.18. The lowest BCUT2D eigenvalue weighted by Gasteiger charge is -2.33. The van der Waals surface area contributed by atoms with Crippen LogP contribution in [0.4, 0.5) is 5.69 Å². The highest BCUT2D eigenvalue weighted by Crippen LogP contribution is 2.21. The van der Waals surface area contributed by atoms with Crippen molar-refractivity contribution in [3.8, 4) is 0 Å². The Bertz CT molecular complexity index is 586. The van der Waals surface area contributed by atoms with Crippen molar-refractivity contribution in [2.24, 2.45) is 5.92 Å². The number of hydrogen-bond donors (Lipinski definition) is 1. The second-order valence-corrected chi connectivity index (χ2v) is 6.52. The van der Waals surface area contributed by atoms with E-state index in [2.05, 4.69) is 53.3 Å². The van der Waals surface area contributed by atoms with Gasteiger partial charge in [0.05, 0.1) is 5.52 Å². The van der Waals surface area contributed by atoms with E-state index < -0.39 is 0 Å². The Hall–Kier alpha value is -1.61. The fourth-order valence-corrected chi connectivity index (χ4v) is 3.18. The Labute approximate surface area is 127 Å². The van der Waals surface area contributed by atoms with E-state index in [1.807, 2.05) is 12.3 Å². The number of likely N-dealkylation sites (tertiary alicyclic amines) is 1. The molecule has 0 spiro atoms. The van der Waals surface area contributed by atoms with Crippen LogP contribution in [0.3, 0.4) is 0 Å². The van der Waals surface area contributed by atoms with Crippen LogP contribution in [0.1, 0.15) is 26.7 Å². The Kier molecular flexibility index (Phi) is 4.39. The SMILES string of the molecule is CC(C)CN1CCC(Nc2ccc3ncccc3c2)CC1. The molecule has 1 fully saturated rings. The molecule has 112 valence electrons. The number of piperidine rings is 1. The Balaban J connectivity index is 1.59. The Morgan fingerprint density at radius 3 is 2.81 bits per heavy atom. The van der Waals surface area contributed by atoms with Crippen LogP contribution in [0.15, 0.2) is 36.5 Å². The normalized spacial score (nSPS) is 17.5. The van der Waals surface area contributed by atoms with E-state index in [1.165, 1.54) is 43.5 Å². The van der Waals surface area contributed by atoms with Crippen molar-refractivity contribution in [1.29, 1.82) is 0 Å². The van der Waals surface area contributed by atoms with Crippen LogP contribution in [-0.2, 0) is 0 Å². The summed E-state index contributed by atoms with van der Waals surface area (Å²) in [4.78, 5) is 6.96. The summed E-state index contributed by atoms with van der Waals surface area (Å²) in [5.41, 5.74) is 2.28. The van der Waals surface area contributed by atoms with Crippen molar-refractivity contribution in [1.82, 2.24) is 9.88 Å². The van der Waals surface area contributed by atoms with Gasteiger partial charge in [-0.3, -0.25) is 4.98 Å². The monoisotopic (exact) mass is 283 g/mol. The highest BCUT2D eigenvalue weighted by Gasteiger charge is 2.19. The molecule has 3 rings (SSSR count). The molecule has 2 heterocycles. The average molecular weight is 283 g/mol. The molecule has 2 aromatic rings. The minimum Gasteiger partial charge on any atom is -0.382 e. The zero-order valence-electron chi connectivity index (χ0n) is 13.0. The number of aromatic nitrogens is 1. The van der Waals surface area contributed by atoms with Gasteiger partial charge in [-0.1, -0.05) is 19.9 Å². The van der Waals surface area contributed by atoms with Crippen LogP contribution in [0.25, 0.3) is 10.9 Å². The van der Waals surface area contributed by atoms with Crippen molar-refractivity contribution in [3.63, 3.8) is 0 Å². The van der Waals surface area contributed by atoms with Crippen LogP contribution in [0.5, 0.6) is 0 Å².